The van der Waals surface area contributed by atoms with Crippen LogP contribution >= 0.6 is 0 Å². The molecule has 0 unspecified atom stereocenters. The molecule has 2 aliphatic rings. The highest BCUT2D eigenvalue weighted by atomic mass is 32.2. The summed E-state index contributed by atoms with van der Waals surface area (Å²) in [5.74, 6) is -0.00494. The number of hydrogen-bond donors (Lipinski definition) is 2. The standard InChI is InChI=1S/C17H24N2O4S/c20-12-9-15(14-7-3-1-4-8-14)18-16-19-24(21,22)13-17(23-16)10-5-2-6-11-17/h1,3-4,7-8,15,20H,2,5-6,9-13H2,(H,18,19)/t15-/m0/s1. The number of nitrogens with zero attached hydrogens (tertiary/aromatic N) is 1. The van der Waals surface area contributed by atoms with E-state index in [4.69, 9.17) is 4.74 Å². The number of nitrogens with one attached hydrogen (secondary N) is 1. The van der Waals surface area contributed by atoms with Gasteiger partial charge in [-0.3, -0.25) is 0 Å². The number of ether oxygens (including phenoxy) is 1. The highest BCUT2D eigenvalue weighted by Crippen LogP contribution is 2.35. The van der Waals surface area contributed by atoms with E-state index < -0.39 is 15.6 Å². The number of sulfonamides is 1. The smallest absolute Gasteiger partial charge is 0.299 e. The molecule has 1 aromatic rings. The molecule has 0 radical (unpaired) electrons. The first-order valence-corrected chi connectivity index (χ1v) is 10.1. The van der Waals surface area contributed by atoms with E-state index in [0.717, 1.165) is 37.7 Å². The third-order valence-electron chi connectivity index (χ3n) is 4.63. The van der Waals surface area contributed by atoms with Crippen LogP contribution in [-0.4, -0.2) is 37.5 Å². The molecule has 0 amide bonds. The fraction of sp³-hybridized carbons (Fsp3) is 0.588. The second kappa shape index (κ2) is 7.11. The zero-order chi connectivity index (χ0) is 17.0. The van der Waals surface area contributed by atoms with Gasteiger partial charge in [0.05, 0.1) is 6.04 Å². The third-order valence-corrected chi connectivity index (χ3v) is 6.03. The van der Waals surface area contributed by atoms with Crippen LogP contribution in [0.25, 0.3) is 0 Å². The lowest BCUT2D eigenvalue weighted by molar-refractivity contribution is 0.0301. The van der Waals surface area contributed by atoms with E-state index in [9.17, 15) is 13.5 Å². The molecule has 0 bridgehead atoms. The lowest BCUT2D eigenvalue weighted by Gasteiger charge is -2.40. The van der Waals surface area contributed by atoms with Gasteiger partial charge in [0.25, 0.3) is 6.02 Å². The van der Waals surface area contributed by atoms with Crippen molar-refractivity contribution in [1.29, 1.82) is 0 Å². The normalized spacial score (nSPS) is 25.0. The average Bonchev–Trinajstić information content (AvgIpc) is 2.54. The zero-order valence-corrected chi connectivity index (χ0v) is 14.5. The fourth-order valence-corrected chi connectivity index (χ4v) is 4.98. The Morgan fingerprint density at radius 3 is 2.58 bits per heavy atom. The van der Waals surface area contributed by atoms with Crippen molar-refractivity contribution in [3.05, 3.63) is 35.9 Å². The summed E-state index contributed by atoms with van der Waals surface area (Å²) >= 11 is 0. The van der Waals surface area contributed by atoms with Gasteiger partial charge in [-0.15, -0.1) is 0 Å². The van der Waals surface area contributed by atoms with Gasteiger partial charge in [0, 0.05) is 6.61 Å². The van der Waals surface area contributed by atoms with E-state index in [1.807, 2.05) is 30.3 Å². The summed E-state index contributed by atoms with van der Waals surface area (Å²) in [6, 6.07) is 9.25. The quantitative estimate of drug-likeness (QED) is 0.869. The molecule has 132 valence electrons. The maximum Gasteiger partial charge on any atom is 0.299 e. The highest BCUT2D eigenvalue weighted by Gasteiger charge is 2.44. The summed E-state index contributed by atoms with van der Waals surface area (Å²) in [5, 5.41) is 9.32. The lowest BCUT2D eigenvalue weighted by Crippen LogP contribution is -2.55. The van der Waals surface area contributed by atoms with Crippen LogP contribution in [0.4, 0.5) is 0 Å². The molecule has 1 heterocycles. The van der Waals surface area contributed by atoms with E-state index in [1.54, 1.807) is 0 Å². The van der Waals surface area contributed by atoms with E-state index in [-0.39, 0.29) is 24.4 Å². The SMILES string of the molecule is O=S1(=O)CC2(CCCCC2)OC(=N[C@@H](CCO)c2ccccc2)N1. The van der Waals surface area contributed by atoms with Crippen molar-refractivity contribution < 1.29 is 18.3 Å². The molecule has 1 atom stereocenters. The molecule has 24 heavy (non-hydrogen) atoms. The molecular weight excluding hydrogens is 328 g/mol. The lowest BCUT2D eigenvalue weighted by atomic mass is 9.86. The molecule has 6 nitrogen and oxygen atoms in total. The van der Waals surface area contributed by atoms with E-state index in [1.165, 1.54) is 0 Å². The van der Waals surface area contributed by atoms with Gasteiger partial charge in [0.15, 0.2) is 0 Å². The van der Waals surface area contributed by atoms with Crippen LogP contribution in [0, 0.1) is 0 Å². The molecule has 1 spiro atoms. The summed E-state index contributed by atoms with van der Waals surface area (Å²) in [6.45, 7) is -0.0335. The van der Waals surface area contributed by atoms with E-state index in [2.05, 4.69) is 9.71 Å². The maximum absolute atomic E-state index is 12.3. The van der Waals surface area contributed by atoms with E-state index in [0.29, 0.717) is 6.42 Å². The summed E-state index contributed by atoms with van der Waals surface area (Å²) in [4.78, 5) is 4.48. The summed E-state index contributed by atoms with van der Waals surface area (Å²) in [5.41, 5.74) is 0.270. The molecular formula is C17H24N2O4S. The van der Waals surface area contributed by atoms with Crippen LogP contribution in [0.15, 0.2) is 35.3 Å². The fourth-order valence-electron chi connectivity index (χ4n) is 3.51. The summed E-state index contributed by atoms with van der Waals surface area (Å²) < 4.78 is 33.0. The minimum absolute atomic E-state index is 0.00494. The first-order valence-electron chi connectivity index (χ1n) is 8.45. The molecule has 1 aliphatic carbocycles. The number of aliphatic hydroxyl groups excluding tert-OH is 1. The van der Waals surface area contributed by atoms with Gasteiger partial charge >= 0.3 is 0 Å². The van der Waals surface area contributed by atoms with Crippen molar-refractivity contribution in [2.24, 2.45) is 4.99 Å². The Kier molecular flexibility index (Phi) is 5.10. The van der Waals surface area contributed by atoms with Crippen molar-refractivity contribution >= 4 is 16.0 Å². The van der Waals surface area contributed by atoms with Crippen molar-refractivity contribution in [2.75, 3.05) is 12.4 Å². The van der Waals surface area contributed by atoms with Crippen LogP contribution in [0.1, 0.15) is 50.1 Å². The highest BCUT2D eigenvalue weighted by molar-refractivity contribution is 7.90. The largest absolute Gasteiger partial charge is 0.457 e. The minimum atomic E-state index is -3.45. The molecule has 1 aliphatic heterocycles. The number of benzene rings is 1. The molecule has 7 heteroatoms. The van der Waals surface area contributed by atoms with Gasteiger partial charge in [0.2, 0.25) is 10.0 Å². The Morgan fingerprint density at radius 1 is 1.21 bits per heavy atom. The van der Waals surface area contributed by atoms with Gasteiger partial charge in [0.1, 0.15) is 11.4 Å². The van der Waals surface area contributed by atoms with Crippen molar-refractivity contribution in [1.82, 2.24) is 4.72 Å². The Balaban J connectivity index is 1.88. The predicted molar refractivity (Wildman–Crippen MR) is 92.1 cm³/mol. The monoisotopic (exact) mass is 352 g/mol. The van der Waals surface area contributed by atoms with Crippen LogP contribution in [-0.2, 0) is 14.8 Å². The Hall–Kier alpha value is -1.60. The topological polar surface area (TPSA) is 88.0 Å². The minimum Gasteiger partial charge on any atom is -0.457 e. The van der Waals surface area contributed by atoms with Gasteiger partial charge in [-0.2, -0.15) is 0 Å². The van der Waals surface area contributed by atoms with Crippen LogP contribution in [0.5, 0.6) is 0 Å². The van der Waals surface area contributed by atoms with Gasteiger partial charge in [-0.25, -0.2) is 18.1 Å². The van der Waals surface area contributed by atoms with Crippen LogP contribution in [0.2, 0.25) is 0 Å². The molecule has 3 rings (SSSR count). The number of rotatable bonds is 4. The molecule has 1 aromatic carbocycles. The van der Waals surface area contributed by atoms with Crippen LogP contribution in [0.3, 0.4) is 0 Å². The van der Waals surface area contributed by atoms with Gasteiger partial charge in [-0.1, -0.05) is 36.8 Å². The molecule has 2 N–H and O–H groups in total. The first kappa shape index (κ1) is 17.2. The number of aliphatic hydroxyl groups is 1. The van der Waals surface area contributed by atoms with Crippen LogP contribution < -0.4 is 4.72 Å². The van der Waals surface area contributed by atoms with Crippen molar-refractivity contribution in [3.8, 4) is 0 Å². The molecule has 1 saturated heterocycles. The third kappa shape index (κ3) is 4.08. The maximum atomic E-state index is 12.3. The Bertz CT molecular complexity index is 682. The number of hydrogen-bond acceptors (Lipinski definition) is 5. The molecule has 1 saturated carbocycles. The average molecular weight is 352 g/mol. The molecule has 0 aromatic heterocycles. The van der Waals surface area contributed by atoms with Gasteiger partial charge < -0.3 is 9.84 Å². The zero-order valence-electron chi connectivity index (χ0n) is 13.6. The Morgan fingerprint density at radius 2 is 1.92 bits per heavy atom. The predicted octanol–water partition coefficient (Wildman–Crippen LogP) is 2.12. The Labute approximate surface area is 143 Å². The van der Waals surface area contributed by atoms with Crippen molar-refractivity contribution in [3.63, 3.8) is 0 Å². The first-order chi connectivity index (χ1) is 11.5. The molecule has 2 fully saturated rings. The van der Waals surface area contributed by atoms with E-state index >= 15 is 0 Å². The van der Waals surface area contributed by atoms with Crippen molar-refractivity contribution in [2.45, 2.75) is 50.2 Å². The summed E-state index contributed by atoms with van der Waals surface area (Å²) in [6.07, 6.45) is 4.95. The van der Waals surface area contributed by atoms with Gasteiger partial charge in [-0.05, 0) is 37.7 Å². The summed E-state index contributed by atoms with van der Waals surface area (Å²) in [7, 11) is -3.45. The number of aliphatic imine (C=N–C) groups is 1. The number of amidine groups is 1. The second-order valence-corrected chi connectivity index (χ2v) is 8.30. The second-order valence-electron chi connectivity index (χ2n) is 6.58.